The molecule has 0 amide bonds. The zero-order valence-electron chi connectivity index (χ0n) is 8.44. The van der Waals surface area contributed by atoms with Crippen LogP contribution < -0.4 is 0 Å². The summed E-state index contributed by atoms with van der Waals surface area (Å²) >= 11 is 0. The summed E-state index contributed by atoms with van der Waals surface area (Å²) in [4.78, 5) is 11.4. The van der Waals surface area contributed by atoms with Crippen LogP contribution in [-0.4, -0.2) is 5.78 Å². The molecule has 0 bridgehead atoms. The smallest absolute Gasteiger partial charge is 0.158 e. The minimum Gasteiger partial charge on any atom is -0.295 e. The first-order valence-electron chi connectivity index (χ1n) is 5.07. The molecule has 0 N–H and O–H groups in total. The van der Waals surface area contributed by atoms with Crippen molar-refractivity contribution in [3.63, 3.8) is 0 Å². The molecule has 1 nitrogen and oxygen atoms in total. The highest BCUT2D eigenvalue weighted by Crippen LogP contribution is 2.17. The maximum Gasteiger partial charge on any atom is 0.158 e. The molecule has 0 aromatic heterocycles. The third kappa shape index (κ3) is 3.58. The van der Waals surface area contributed by atoms with Crippen molar-refractivity contribution in [2.75, 3.05) is 0 Å². The molecule has 0 heterocycles. The Balaban J connectivity index is 2.54. The molecule has 13 heavy (non-hydrogen) atoms. The largest absolute Gasteiger partial charge is 0.295 e. The fourth-order valence-electron chi connectivity index (χ4n) is 1.61. The van der Waals surface area contributed by atoms with Gasteiger partial charge < -0.3 is 0 Å². The predicted molar refractivity (Wildman–Crippen MR) is 55.6 cm³/mol. The van der Waals surface area contributed by atoms with E-state index in [9.17, 15) is 4.79 Å². The summed E-state index contributed by atoms with van der Waals surface area (Å²) < 4.78 is 0. The number of ketones is 1. The molecule has 0 aliphatic heterocycles. The van der Waals surface area contributed by atoms with Crippen LogP contribution in [0.3, 0.4) is 0 Å². The average molecular weight is 178 g/mol. The lowest BCUT2D eigenvalue weighted by Crippen LogP contribution is -2.02. The second-order valence-electron chi connectivity index (χ2n) is 3.82. The zero-order valence-corrected chi connectivity index (χ0v) is 8.44. The summed E-state index contributed by atoms with van der Waals surface area (Å²) in [7, 11) is 0. The van der Waals surface area contributed by atoms with E-state index in [1.165, 1.54) is 5.57 Å². The summed E-state index contributed by atoms with van der Waals surface area (Å²) in [5.74, 6) is 0.271. The van der Waals surface area contributed by atoms with Gasteiger partial charge in [-0.3, -0.25) is 4.79 Å². The standard InChI is InChI=1S/C12H18O/c1-10-6-3-4-9-12(13)11(2)8-5-7-10/h6H,2-5,7-9H2,1H3/b10-6+. The van der Waals surface area contributed by atoms with Gasteiger partial charge in [-0.1, -0.05) is 18.2 Å². The van der Waals surface area contributed by atoms with Crippen molar-refractivity contribution in [3.05, 3.63) is 23.8 Å². The fourth-order valence-corrected chi connectivity index (χ4v) is 1.61. The molecular formula is C12H18O. The SMILES string of the molecule is C=C1CCC/C(C)=C/CCCC1=O. The van der Waals surface area contributed by atoms with Crippen molar-refractivity contribution in [1.82, 2.24) is 0 Å². The van der Waals surface area contributed by atoms with Crippen LogP contribution in [0.4, 0.5) is 0 Å². The molecule has 1 aliphatic carbocycles. The molecule has 72 valence electrons. The summed E-state index contributed by atoms with van der Waals surface area (Å²) in [5, 5.41) is 0. The van der Waals surface area contributed by atoms with Crippen molar-refractivity contribution in [2.24, 2.45) is 0 Å². The van der Waals surface area contributed by atoms with Crippen LogP contribution in [0, 0.1) is 0 Å². The number of hydrogen-bond acceptors (Lipinski definition) is 1. The lowest BCUT2D eigenvalue weighted by molar-refractivity contribution is -0.115. The van der Waals surface area contributed by atoms with Crippen LogP contribution in [0.1, 0.15) is 45.4 Å². The van der Waals surface area contributed by atoms with E-state index in [0.29, 0.717) is 6.42 Å². The number of carbonyl (C=O) groups excluding carboxylic acids is 1. The van der Waals surface area contributed by atoms with Gasteiger partial charge in [-0.15, -0.1) is 0 Å². The van der Waals surface area contributed by atoms with Gasteiger partial charge in [0.1, 0.15) is 0 Å². The van der Waals surface area contributed by atoms with Crippen molar-refractivity contribution in [3.8, 4) is 0 Å². The molecule has 0 spiro atoms. The molecule has 0 saturated heterocycles. The van der Waals surface area contributed by atoms with Crippen molar-refractivity contribution >= 4 is 5.78 Å². The summed E-state index contributed by atoms with van der Waals surface area (Å²) in [6, 6.07) is 0. The van der Waals surface area contributed by atoms with Gasteiger partial charge >= 0.3 is 0 Å². The first kappa shape index (κ1) is 10.2. The van der Waals surface area contributed by atoms with Gasteiger partial charge in [0, 0.05) is 6.42 Å². The predicted octanol–water partition coefficient (Wildman–Crippen LogP) is 3.41. The molecule has 0 atom stereocenters. The number of hydrogen-bond donors (Lipinski definition) is 0. The molecule has 0 radical (unpaired) electrons. The normalized spacial score (nSPS) is 25.2. The molecule has 1 heteroatoms. The van der Waals surface area contributed by atoms with E-state index in [1.807, 2.05) is 0 Å². The van der Waals surface area contributed by atoms with Gasteiger partial charge in [0.25, 0.3) is 0 Å². The number of carbonyl (C=O) groups is 1. The monoisotopic (exact) mass is 178 g/mol. The van der Waals surface area contributed by atoms with Gasteiger partial charge in [-0.05, 0) is 44.6 Å². The molecule has 0 saturated carbocycles. The summed E-state index contributed by atoms with van der Waals surface area (Å²) in [6.45, 7) is 6.00. The molecular weight excluding hydrogens is 160 g/mol. The van der Waals surface area contributed by atoms with Crippen LogP contribution >= 0.6 is 0 Å². The highest BCUT2D eigenvalue weighted by Gasteiger charge is 2.07. The summed E-state index contributed by atoms with van der Waals surface area (Å²) in [5.41, 5.74) is 2.29. The van der Waals surface area contributed by atoms with Crippen LogP contribution in [0.2, 0.25) is 0 Å². The first-order chi connectivity index (χ1) is 6.20. The lowest BCUT2D eigenvalue weighted by atomic mass is 9.97. The third-order valence-corrected chi connectivity index (χ3v) is 2.54. The molecule has 0 aromatic carbocycles. The lowest BCUT2D eigenvalue weighted by Gasteiger charge is -2.07. The second kappa shape index (κ2) is 5.00. The maximum atomic E-state index is 11.4. The van der Waals surface area contributed by atoms with E-state index < -0.39 is 0 Å². The Bertz CT molecular complexity index is 236. The van der Waals surface area contributed by atoms with Gasteiger partial charge in [0.2, 0.25) is 0 Å². The van der Waals surface area contributed by atoms with E-state index in [-0.39, 0.29) is 5.78 Å². The van der Waals surface area contributed by atoms with Crippen LogP contribution in [0.25, 0.3) is 0 Å². The number of Topliss-reactive ketones (excluding diaryl/α,β-unsaturated/α-hetero) is 1. The summed E-state index contributed by atoms with van der Waals surface area (Å²) in [6.07, 6.45) is 8.05. The van der Waals surface area contributed by atoms with Gasteiger partial charge in [-0.25, -0.2) is 0 Å². The van der Waals surface area contributed by atoms with Crippen LogP contribution in [0.15, 0.2) is 23.8 Å². The van der Waals surface area contributed by atoms with E-state index in [1.54, 1.807) is 0 Å². The van der Waals surface area contributed by atoms with Crippen LogP contribution in [-0.2, 0) is 4.79 Å². The second-order valence-corrected chi connectivity index (χ2v) is 3.82. The molecule has 0 unspecified atom stereocenters. The van der Waals surface area contributed by atoms with Crippen molar-refractivity contribution in [1.29, 1.82) is 0 Å². The molecule has 0 aromatic rings. The van der Waals surface area contributed by atoms with Gasteiger partial charge in [-0.2, -0.15) is 0 Å². The fraction of sp³-hybridized carbons (Fsp3) is 0.583. The Morgan fingerprint density at radius 3 is 2.77 bits per heavy atom. The van der Waals surface area contributed by atoms with E-state index in [2.05, 4.69) is 19.6 Å². The zero-order chi connectivity index (χ0) is 9.68. The van der Waals surface area contributed by atoms with Crippen molar-refractivity contribution in [2.45, 2.75) is 45.4 Å². The third-order valence-electron chi connectivity index (χ3n) is 2.54. The Labute approximate surface area is 80.5 Å². The minimum absolute atomic E-state index is 0.271. The van der Waals surface area contributed by atoms with Gasteiger partial charge in [0.05, 0.1) is 0 Å². The topological polar surface area (TPSA) is 17.1 Å². The average Bonchev–Trinajstić information content (AvgIpc) is 2.11. The quantitative estimate of drug-likeness (QED) is 0.410. The Kier molecular flexibility index (Phi) is 3.94. The van der Waals surface area contributed by atoms with E-state index in [0.717, 1.165) is 37.7 Å². The first-order valence-corrected chi connectivity index (χ1v) is 5.07. The Hall–Kier alpha value is -0.850. The molecule has 0 fully saturated rings. The minimum atomic E-state index is 0.271. The highest BCUT2D eigenvalue weighted by atomic mass is 16.1. The Morgan fingerprint density at radius 1 is 1.23 bits per heavy atom. The molecule has 1 rings (SSSR count). The van der Waals surface area contributed by atoms with E-state index in [4.69, 9.17) is 0 Å². The molecule has 1 aliphatic rings. The number of allylic oxidation sites excluding steroid dienone is 3. The Morgan fingerprint density at radius 2 is 2.00 bits per heavy atom. The maximum absolute atomic E-state index is 11.4. The number of rotatable bonds is 0. The van der Waals surface area contributed by atoms with Gasteiger partial charge in [0.15, 0.2) is 5.78 Å². The van der Waals surface area contributed by atoms with Crippen LogP contribution in [0.5, 0.6) is 0 Å². The highest BCUT2D eigenvalue weighted by molar-refractivity contribution is 5.94. The van der Waals surface area contributed by atoms with E-state index >= 15 is 0 Å². The van der Waals surface area contributed by atoms with Crippen molar-refractivity contribution < 1.29 is 4.79 Å².